The maximum Gasteiger partial charge on any atom is 0.147 e. The molecule has 0 bridgehead atoms. The molecule has 0 spiro atoms. The first-order valence-electron chi connectivity index (χ1n) is 10.0. The van der Waals surface area contributed by atoms with Gasteiger partial charge in [-0.3, -0.25) is 0 Å². The van der Waals surface area contributed by atoms with Crippen molar-refractivity contribution in [1.82, 2.24) is 0 Å². The Balaban J connectivity index is 1.67. The number of ether oxygens (including phenoxy) is 2. The third-order valence-corrected chi connectivity index (χ3v) is 5.39. The van der Waals surface area contributed by atoms with Gasteiger partial charge in [-0.1, -0.05) is 23.7 Å². The molecule has 0 aromatic heterocycles. The van der Waals surface area contributed by atoms with E-state index < -0.39 is 74.3 Å². The van der Waals surface area contributed by atoms with E-state index >= 15 is 0 Å². The minimum absolute atomic E-state index is 0.537. The van der Waals surface area contributed by atoms with Gasteiger partial charge in [0.15, 0.2) is 0 Å². The minimum Gasteiger partial charge on any atom is -0.394 e. The summed E-state index contributed by atoms with van der Waals surface area (Å²) in [6.45, 7) is -1.07. The Hall–Kier alpha value is -2.06. The molecule has 1 unspecified atom stereocenters. The van der Waals surface area contributed by atoms with Crippen molar-refractivity contribution in [2.75, 3.05) is 13.2 Å². The Kier molecular flexibility index (Phi) is 8.22. The van der Waals surface area contributed by atoms with E-state index in [1.54, 1.807) is 24.3 Å². The number of aliphatic hydroxyl groups excluding tert-OH is 8. The minimum atomic E-state index is -1.50. The second kappa shape index (κ2) is 10.7. The fourth-order valence-electron chi connectivity index (χ4n) is 3.39. The molecule has 2 fully saturated rings. The summed E-state index contributed by atoms with van der Waals surface area (Å²) in [6, 6.07) is 6.53. The quantitative estimate of drug-likeness (QED) is 0.207. The van der Waals surface area contributed by atoms with Crippen LogP contribution in [0.15, 0.2) is 24.3 Å². The highest BCUT2D eigenvalue weighted by Crippen LogP contribution is 2.22. The van der Waals surface area contributed by atoms with Crippen LogP contribution in [-0.4, -0.2) is 115 Å². The lowest BCUT2D eigenvalue weighted by Gasteiger charge is -2.37. The first kappa shape index (κ1) is 24.6. The number of benzene rings is 1. The summed E-state index contributed by atoms with van der Waals surface area (Å²) in [4.78, 5) is 0. The van der Waals surface area contributed by atoms with E-state index in [-0.39, 0.29) is 0 Å². The molecule has 3 rings (SSSR count). The lowest BCUT2D eigenvalue weighted by molar-refractivity contribution is -0.214. The van der Waals surface area contributed by atoms with Crippen LogP contribution in [0.1, 0.15) is 11.1 Å². The molecule has 10 atom stereocenters. The zero-order valence-electron chi connectivity index (χ0n) is 16.9. The van der Waals surface area contributed by atoms with Crippen LogP contribution in [0, 0.1) is 23.7 Å². The standard InChI is InChI=1S/C22H26O10/c23-9-15-19(27)21(29)17(25)13(31-15)7-5-11-1-2-12(4-3-11)6-8-14-18(26)22(30)20(28)16(10-24)32-14/h1-4,13-30H,9-10H2/t13-,14-,15-,16-,17-,18-,19-,20?,21-,22-/m1/s1. The van der Waals surface area contributed by atoms with Crippen molar-refractivity contribution in [1.29, 1.82) is 0 Å². The van der Waals surface area contributed by atoms with Crippen molar-refractivity contribution in [3.63, 3.8) is 0 Å². The van der Waals surface area contributed by atoms with E-state index in [4.69, 9.17) is 9.47 Å². The third kappa shape index (κ3) is 5.29. The Morgan fingerprint density at radius 3 is 1.22 bits per heavy atom. The lowest BCUT2D eigenvalue weighted by atomic mass is 9.95. The van der Waals surface area contributed by atoms with Crippen LogP contribution in [0.4, 0.5) is 0 Å². The van der Waals surface area contributed by atoms with Crippen LogP contribution in [0.5, 0.6) is 0 Å². The fourth-order valence-corrected chi connectivity index (χ4v) is 3.39. The van der Waals surface area contributed by atoms with Gasteiger partial charge in [0.05, 0.1) is 13.2 Å². The van der Waals surface area contributed by atoms with Gasteiger partial charge >= 0.3 is 0 Å². The highest BCUT2D eigenvalue weighted by Gasteiger charge is 2.43. The summed E-state index contributed by atoms with van der Waals surface area (Å²) in [5, 5.41) is 77.6. The highest BCUT2D eigenvalue weighted by molar-refractivity contribution is 5.43. The average molecular weight is 450 g/mol. The van der Waals surface area contributed by atoms with Gasteiger partial charge in [-0.2, -0.15) is 0 Å². The van der Waals surface area contributed by atoms with Crippen molar-refractivity contribution < 1.29 is 50.3 Å². The highest BCUT2D eigenvalue weighted by atomic mass is 16.5. The Labute approximate surface area is 184 Å². The lowest BCUT2D eigenvalue weighted by Crippen LogP contribution is -2.58. The van der Waals surface area contributed by atoms with E-state index in [0.717, 1.165) is 0 Å². The van der Waals surface area contributed by atoms with Gasteiger partial charge in [0.1, 0.15) is 61.0 Å². The van der Waals surface area contributed by atoms with Crippen LogP contribution < -0.4 is 0 Å². The molecule has 10 heteroatoms. The Morgan fingerprint density at radius 2 is 0.906 bits per heavy atom. The molecule has 2 heterocycles. The summed E-state index contributed by atoms with van der Waals surface area (Å²) in [5.74, 6) is 10.9. The van der Waals surface area contributed by atoms with Gasteiger partial charge in [-0.15, -0.1) is 0 Å². The predicted molar refractivity (Wildman–Crippen MR) is 108 cm³/mol. The van der Waals surface area contributed by atoms with Crippen LogP contribution in [-0.2, 0) is 9.47 Å². The molecular weight excluding hydrogens is 424 g/mol. The van der Waals surface area contributed by atoms with E-state index in [2.05, 4.69) is 23.7 Å². The molecule has 2 aliphatic heterocycles. The molecule has 2 aliphatic rings. The smallest absolute Gasteiger partial charge is 0.147 e. The topological polar surface area (TPSA) is 180 Å². The average Bonchev–Trinajstić information content (AvgIpc) is 2.81. The van der Waals surface area contributed by atoms with Gasteiger partial charge in [0.2, 0.25) is 0 Å². The largest absolute Gasteiger partial charge is 0.394 e. The fraction of sp³-hybridized carbons (Fsp3) is 0.545. The zero-order valence-corrected chi connectivity index (χ0v) is 16.9. The van der Waals surface area contributed by atoms with Crippen molar-refractivity contribution in [2.24, 2.45) is 0 Å². The number of rotatable bonds is 2. The number of hydrogen-bond acceptors (Lipinski definition) is 10. The van der Waals surface area contributed by atoms with Crippen molar-refractivity contribution in [2.45, 2.75) is 61.0 Å². The maximum atomic E-state index is 10.0. The second-order valence-electron chi connectivity index (χ2n) is 7.61. The van der Waals surface area contributed by atoms with Crippen LogP contribution in [0.2, 0.25) is 0 Å². The molecule has 1 aromatic carbocycles. The molecule has 0 amide bonds. The van der Waals surface area contributed by atoms with E-state index in [1.807, 2.05) is 0 Å². The van der Waals surface area contributed by atoms with Gasteiger partial charge in [0, 0.05) is 11.1 Å². The van der Waals surface area contributed by atoms with Gasteiger partial charge in [-0.25, -0.2) is 0 Å². The molecule has 1 aromatic rings. The summed E-state index contributed by atoms with van der Waals surface area (Å²) >= 11 is 0. The van der Waals surface area contributed by atoms with Crippen LogP contribution >= 0.6 is 0 Å². The van der Waals surface area contributed by atoms with Crippen molar-refractivity contribution in [3.05, 3.63) is 35.4 Å². The molecule has 174 valence electrons. The molecule has 10 nitrogen and oxygen atoms in total. The van der Waals surface area contributed by atoms with Crippen molar-refractivity contribution in [3.8, 4) is 23.7 Å². The predicted octanol–water partition coefficient (Wildman–Crippen LogP) is -3.93. The molecular formula is C22H26O10. The number of hydrogen-bond donors (Lipinski definition) is 8. The Morgan fingerprint density at radius 1 is 0.562 bits per heavy atom. The van der Waals surface area contributed by atoms with E-state index in [0.29, 0.717) is 11.1 Å². The van der Waals surface area contributed by atoms with Gasteiger partial charge < -0.3 is 50.3 Å². The molecule has 2 saturated heterocycles. The zero-order chi connectivity index (χ0) is 23.4. The Bertz CT molecular complexity index is 805. The molecule has 0 aliphatic carbocycles. The van der Waals surface area contributed by atoms with E-state index in [1.165, 1.54) is 0 Å². The molecule has 8 N–H and O–H groups in total. The third-order valence-electron chi connectivity index (χ3n) is 5.39. The van der Waals surface area contributed by atoms with Gasteiger partial charge in [-0.05, 0) is 24.3 Å². The molecule has 32 heavy (non-hydrogen) atoms. The molecule has 0 saturated carbocycles. The summed E-state index contributed by atoms with van der Waals surface area (Å²) in [6.07, 6.45) is -13.1. The summed E-state index contributed by atoms with van der Waals surface area (Å²) < 4.78 is 10.7. The maximum absolute atomic E-state index is 10.0. The summed E-state index contributed by atoms with van der Waals surface area (Å²) in [5.41, 5.74) is 1.08. The van der Waals surface area contributed by atoms with E-state index in [9.17, 15) is 40.9 Å². The molecule has 0 radical (unpaired) electrons. The first-order valence-corrected chi connectivity index (χ1v) is 10.0. The SMILES string of the molecule is OC[C@H]1O[C@H](C#Cc2ccc(C#C[C@H]3O[C@H](CO)[C@@H](O)[C@H](O)[C@@H]3O)cc2)[C@@H](O)[C@@H](O)C1O. The second-order valence-corrected chi connectivity index (χ2v) is 7.61. The normalized spacial score (nSPS) is 39.4. The monoisotopic (exact) mass is 450 g/mol. The summed E-state index contributed by atoms with van der Waals surface area (Å²) in [7, 11) is 0. The van der Waals surface area contributed by atoms with Crippen LogP contribution in [0.3, 0.4) is 0 Å². The number of aliphatic hydroxyl groups is 8. The van der Waals surface area contributed by atoms with Gasteiger partial charge in [0.25, 0.3) is 0 Å². The van der Waals surface area contributed by atoms with Crippen LogP contribution in [0.25, 0.3) is 0 Å². The first-order chi connectivity index (χ1) is 15.3. The van der Waals surface area contributed by atoms with Crippen molar-refractivity contribution >= 4 is 0 Å².